The third-order valence-electron chi connectivity index (χ3n) is 1.68. The van der Waals surface area contributed by atoms with Crippen molar-refractivity contribution in [2.45, 2.75) is 13.0 Å². The van der Waals surface area contributed by atoms with E-state index in [2.05, 4.69) is 18.0 Å². The number of nitrogens with zero attached hydrogens (tertiary/aromatic N) is 2. The van der Waals surface area contributed by atoms with Crippen LogP contribution in [-0.2, 0) is 4.79 Å². The second-order valence-corrected chi connectivity index (χ2v) is 2.81. The van der Waals surface area contributed by atoms with Crippen LogP contribution in [0.5, 0.6) is 0 Å². The van der Waals surface area contributed by atoms with Crippen LogP contribution in [0.2, 0.25) is 0 Å². The molecule has 0 aliphatic carbocycles. The Morgan fingerprint density at radius 1 is 1.85 bits per heavy atom. The lowest BCUT2D eigenvalue weighted by Crippen LogP contribution is -2.38. The summed E-state index contributed by atoms with van der Waals surface area (Å²) in [7, 11) is 1.74. The summed E-state index contributed by atoms with van der Waals surface area (Å²) in [5.41, 5.74) is 0. The maximum Gasteiger partial charge on any atom is 0.234 e. The van der Waals surface area contributed by atoms with Crippen LogP contribution in [0.15, 0.2) is 12.7 Å². The third-order valence-corrected chi connectivity index (χ3v) is 1.68. The van der Waals surface area contributed by atoms with Gasteiger partial charge in [-0.3, -0.25) is 9.69 Å². The second-order valence-electron chi connectivity index (χ2n) is 2.81. The van der Waals surface area contributed by atoms with E-state index in [0.717, 1.165) is 0 Å². The van der Waals surface area contributed by atoms with Crippen LogP contribution >= 0.6 is 0 Å². The Bertz CT molecular complexity index is 219. The van der Waals surface area contributed by atoms with Gasteiger partial charge in [-0.1, -0.05) is 6.08 Å². The molecule has 72 valence electrons. The van der Waals surface area contributed by atoms with Crippen molar-refractivity contribution in [3.63, 3.8) is 0 Å². The van der Waals surface area contributed by atoms with Gasteiger partial charge in [-0.15, -0.1) is 6.58 Å². The fraction of sp³-hybridized carbons (Fsp3) is 0.556. The fourth-order valence-electron chi connectivity index (χ4n) is 0.704. The lowest BCUT2D eigenvalue weighted by atomic mass is 10.3. The highest BCUT2D eigenvalue weighted by Gasteiger charge is 2.10. The molecule has 1 N–H and O–H groups in total. The van der Waals surface area contributed by atoms with Gasteiger partial charge in [-0.05, 0) is 14.0 Å². The van der Waals surface area contributed by atoms with Gasteiger partial charge in [0, 0.05) is 6.54 Å². The SMILES string of the molecule is C=CCNC(=O)CN(C)C(C)C#N. The van der Waals surface area contributed by atoms with Gasteiger partial charge in [-0.2, -0.15) is 5.26 Å². The zero-order valence-electron chi connectivity index (χ0n) is 8.08. The van der Waals surface area contributed by atoms with E-state index in [4.69, 9.17) is 5.26 Å². The normalized spacial score (nSPS) is 11.8. The first kappa shape index (κ1) is 11.7. The van der Waals surface area contributed by atoms with E-state index in [9.17, 15) is 4.79 Å². The molecule has 0 saturated carbocycles. The smallest absolute Gasteiger partial charge is 0.234 e. The minimum atomic E-state index is -0.241. The summed E-state index contributed by atoms with van der Waals surface area (Å²) < 4.78 is 0. The molecular formula is C9H15N3O. The van der Waals surface area contributed by atoms with Gasteiger partial charge in [-0.25, -0.2) is 0 Å². The number of carbonyl (C=O) groups excluding carboxylic acids is 1. The Balaban J connectivity index is 3.78. The predicted octanol–water partition coefficient (Wildman–Crippen LogP) is 0.132. The first-order valence-electron chi connectivity index (χ1n) is 4.09. The highest BCUT2D eigenvalue weighted by molar-refractivity contribution is 5.78. The Kier molecular flexibility index (Phi) is 5.57. The summed E-state index contributed by atoms with van der Waals surface area (Å²) in [5, 5.41) is 11.2. The minimum Gasteiger partial charge on any atom is -0.352 e. The number of amides is 1. The van der Waals surface area contributed by atoms with Crippen molar-refractivity contribution < 1.29 is 4.79 Å². The molecule has 0 saturated heterocycles. The minimum absolute atomic E-state index is 0.0931. The van der Waals surface area contributed by atoms with Crippen molar-refractivity contribution in [1.82, 2.24) is 10.2 Å². The molecule has 0 aromatic heterocycles. The van der Waals surface area contributed by atoms with Crippen LogP contribution in [0.25, 0.3) is 0 Å². The monoisotopic (exact) mass is 181 g/mol. The van der Waals surface area contributed by atoms with E-state index in [-0.39, 0.29) is 18.5 Å². The van der Waals surface area contributed by atoms with E-state index < -0.39 is 0 Å². The molecule has 0 heterocycles. The van der Waals surface area contributed by atoms with Gasteiger partial charge < -0.3 is 5.32 Å². The molecule has 1 unspecified atom stereocenters. The summed E-state index contributed by atoms with van der Waals surface area (Å²) in [4.78, 5) is 12.8. The number of hydrogen-bond acceptors (Lipinski definition) is 3. The number of nitrogens with one attached hydrogen (secondary N) is 1. The van der Waals surface area contributed by atoms with Crippen molar-refractivity contribution in [3.8, 4) is 6.07 Å². The maximum atomic E-state index is 11.1. The van der Waals surface area contributed by atoms with Crippen LogP contribution in [0.4, 0.5) is 0 Å². The van der Waals surface area contributed by atoms with Crippen LogP contribution in [-0.4, -0.2) is 37.0 Å². The Hall–Kier alpha value is -1.34. The zero-order valence-corrected chi connectivity index (χ0v) is 8.08. The summed E-state index contributed by atoms with van der Waals surface area (Å²) in [6, 6.07) is 1.81. The zero-order chi connectivity index (χ0) is 10.3. The van der Waals surface area contributed by atoms with Crippen molar-refractivity contribution in [2.75, 3.05) is 20.1 Å². The molecule has 0 radical (unpaired) electrons. The molecule has 0 aliphatic rings. The number of likely N-dealkylation sites (N-methyl/N-ethyl adjacent to an activating group) is 1. The van der Waals surface area contributed by atoms with Crippen molar-refractivity contribution in [1.29, 1.82) is 5.26 Å². The first-order valence-corrected chi connectivity index (χ1v) is 4.09. The van der Waals surface area contributed by atoms with Crippen molar-refractivity contribution in [2.24, 2.45) is 0 Å². The van der Waals surface area contributed by atoms with E-state index in [1.165, 1.54) is 0 Å². The fourth-order valence-corrected chi connectivity index (χ4v) is 0.704. The van der Waals surface area contributed by atoms with Crippen LogP contribution < -0.4 is 5.32 Å². The Morgan fingerprint density at radius 3 is 2.92 bits per heavy atom. The molecule has 0 rings (SSSR count). The second kappa shape index (κ2) is 6.21. The number of nitriles is 1. The highest BCUT2D eigenvalue weighted by Crippen LogP contribution is 1.91. The van der Waals surface area contributed by atoms with Gasteiger partial charge in [0.1, 0.15) is 0 Å². The summed E-state index contributed by atoms with van der Waals surface area (Å²) in [6.07, 6.45) is 1.62. The van der Waals surface area contributed by atoms with Gasteiger partial charge in [0.15, 0.2) is 0 Å². The average Bonchev–Trinajstić information content (AvgIpc) is 2.13. The average molecular weight is 181 g/mol. The van der Waals surface area contributed by atoms with Crippen molar-refractivity contribution in [3.05, 3.63) is 12.7 Å². The molecule has 0 aromatic rings. The lowest BCUT2D eigenvalue weighted by Gasteiger charge is -2.17. The number of carbonyl (C=O) groups is 1. The third kappa shape index (κ3) is 4.99. The van der Waals surface area contributed by atoms with E-state index in [0.29, 0.717) is 6.54 Å². The van der Waals surface area contributed by atoms with Crippen LogP contribution in [0.3, 0.4) is 0 Å². The summed E-state index contributed by atoms with van der Waals surface area (Å²) in [6.45, 7) is 5.94. The Labute approximate surface area is 78.8 Å². The first-order chi connectivity index (χ1) is 6.11. The van der Waals surface area contributed by atoms with Gasteiger partial charge in [0.05, 0.1) is 18.7 Å². The summed E-state index contributed by atoms with van der Waals surface area (Å²) in [5.74, 6) is -0.0931. The topological polar surface area (TPSA) is 56.1 Å². The molecule has 0 aliphatic heterocycles. The van der Waals surface area contributed by atoms with Crippen LogP contribution in [0.1, 0.15) is 6.92 Å². The molecule has 0 fully saturated rings. The molecule has 0 spiro atoms. The molecule has 4 heteroatoms. The number of hydrogen-bond donors (Lipinski definition) is 1. The van der Waals surface area contributed by atoms with Gasteiger partial charge in [0.25, 0.3) is 0 Å². The van der Waals surface area contributed by atoms with Gasteiger partial charge in [0.2, 0.25) is 5.91 Å². The summed E-state index contributed by atoms with van der Waals surface area (Å²) >= 11 is 0. The molecule has 1 atom stereocenters. The maximum absolute atomic E-state index is 11.1. The van der Waals surface area contributed by atoms with E-state index in [1.807, 2.05) is 0 Å². The molecule has 13 heavy (non-hydrogen) atoms. The largest absolute Gasteiger partial charge is 0.352 e. The molecular weight excluding hydrogens is 166 g/mol. The Morgan fingerprint density at radius 2 is 2.46 bits per heavy atom. The predicted molar refractivity (Wildman–Crippen MR) is 50.9 cm³/mol. The quantitative estimate of drug-likeness (QED) is 0.613. The van der Waals surface area contributed by atoms with Gasteiger partial charge >= 0.3 is 0 Å². The molecule has 0 aromatic carbocycles. The lowest BCUT2D eigenvalue weighted by molar-refractivity contribution is -0.121. The standard InChI is InChI=1S/C9H15N3O/c1-4-5-11-9(13)7-12(3)8(2)6-10/h4,8H,1,5,7H2,2-3H3,(H,11,13). The molecule has 0 bridgehead atoms. The number of rotatable bonds is 5. The van der Waals surface area contributed by atoms with E-state index in [1.54, 1.807) is 24.9 Å². The molecule has 4 nitrogen and oxygen atoms in total. The highest BCUT2D eigenvalue weighted by atomic mass is 16.2. The van der Waals surface area contributed by atoms with Crippen molar-refractivity contribution >= 4 is 5.91 Å². The van der Waals surface area contributed by atoms with E-state index >= 15 is 0 Å². The molecule has 1 amide bonds. The van der Waals surface area contributed by atoms with Crippen LogP contribution in [0, 0.1) is 11.3 Å².